The summed E-state index contributed by atoms with van der Waals surface area (Å²) < 4.78 is 2.29. The maximum Gasteiger partial charge on any atom is 0.235 e. The van der Waals surface area contributed by atoms with Crippen molar-refractivity contribution < 1.29 is 0 Å². The van der Waals surface area contributed by atoms with E-state index < -0.39 is 5.41 Å². The molecule has 10 aromatic rings. The Morgan fingerprint density at radius 2 is 0.931 bits per heavy atom. The molecule has 8 aromatic carbocycles. The number of hydrogen-bond acceptors (Lipinski definition) is 4. The van der Waals surface area contributed by atoms with Gasteiger partial charge in [-0.05, 0) is 76.9 Å². The second-order valence-corrected chi connectivity index (χ2v) is 16.0. The minimum absolute atomic E-state index is 0.618. The van der Waals surface area contributed by atoms with E-state index >= 15 is 0 Å². The molecule has 0 saturated carbocycles. The van der Waals surface area contributed by atoms with E-state index in [9.17, 15) is 0 Å². The van der Waals surface area contributed by atoms with Crippen LogP contribution in [0, 0.1) is 0 Å². The first-order chi connectivity index (χ1) is 28.8. The molecular weight excluding hydrogens is 725 g/mol. The van der Waals surface area contributed by atoms with Crippen molar-refractivity contribution in [2.75, 3.05) is 4.90 Å². The molecule has 272 valence electrons. The molecule has 0 unspecified atom stereocenters. The summed E-state index contributed by atoms with van der Waals surface area (Å²) in [5.74, 6) is 0.643. The van der Waals surface area contributed by atoms with Crippen molar-refractivity contribution >= 4 is 50.6 Å². The SMILES string of the molecule is c1ccc(-c2cc(-c3ccccc3)nc(-n3c4ccccc4c4cc5c(cc43)C3(c4ccccc4S5)c4ccccc4N(c4ccccc4)c4ccccc43)n2)cc1. The lowest BCUT2D eigenvalue weighted by molar-refractivity contribution is 0.693. The summed E-state index contributed by atoms with van der Waals surface area (Å²) in [6, 6.07) is 74.3. The average molecular weight is 759 g/mol. The smallest absolute Gasteiger partial charge is 0.235 e. The molecule has 0 fully saturated rings. The lowest BCUT2D eigenvalue weighted by Gasteiger charge is -2.49. The van der Waals surface area contributed by atoms with Crippen LogP contribution in [-0.4, -0.2) is 14.5 Å². The van der Waals surface area contributed by atoms with E-state index in [4.69, 9.17) is 9.97 Å². The van der Waals surface area contributed by atoms with Gasteiger partial charge in [0.1, 0.15) is 0 Å². The number of benzene rings is 8. The van der Waals surface area contributed by atoms with Crippen molar-refractivity contribution in [3.8, 4) is 28.5 Å². The Labute approximate surface area is 340 Å². The van der Waals surface area contributed by atoms with Gasteiger partial charge in [-0.3, -0.25) is 4.57 Å². The zero-order chi connectivity index (χ0) is 38.2. The Morgan fingerprint density at radius 1 is 0.397 bits per heavy atom. The van der Waals surface area contributed by atoms with Crippen molar-refractivity contribution in [3.63, 3.8) is 0 Å². The fraction of sp³-hybridized carbons (Fsp3) is 0.0189. The first-order valence-corrected chi connectivity index (χ1v) is 20.5. The predicted octanol–water partition coefficient (Wildman–Crippen LogP) is 13.5. The van der Waals surface area contributed by atoms with Gasteiger partial charge in [0.2, 0.25) is 5.95 Å². The van der Waals surface area contributed by atoms with Crippen LogP contribution in [-0.2, 0) is 5.41 Å². The first-order valence-electron chi connectivity index (χ1n) is 19.7. The highest BCUT2D eigenvalue weighted by molar-refractivity contribution is 7.99. The summed E-state index contributed by atoms with van der Waals surface area (Å²) in [5, 5.41) is 2.35. The van der Waals surface area contributed by atoms with E-state index in [1.165, 1.54) is 54.2 Å². The Kier molecular flexibility index (Phi) is 7.34. The van der Waals surface area contributed by atoms with Crippen LogP contribution < -0.4 is 4.90 Å². The third-order valence-corrected chi connectivity index (χ3v) is 13.0. The molecule has 4 nitrogen and oxygen atoms in total. The van der Waals surface area contributed by atoms with E-state index in [0.29, 0.717) is 5.95 Å². The molecule has 2 aromatic heterocycles. The molecule has 0 amide bonds. The molecule has 1 spiro atoms. The highest BCUT2D eigenvalue weighted by atomic mass is 32.2. The Morgan fingerprint density at radius 3 is 1.59 bits per heavy atom. The summed E-state index contributed by atoms with van der Waals surface area (Å²) in [6.07, 6.45) is 0. The lowest BCUT2D eigenvalue weighted by atomic mass is 9.62. The monoisotopic (exact) mass is 758 g/mol. The molecule has 4 heterocycles. The molecule has 0 aliphatic carbocycles. The molecule has 0 saturated heterocycles. The Hall–Kier alpha value is -7.21. The van der Waals surface area contributed by atoms with Crippen LogP contribution in [0.5, 0.6) is 0 Å². The van der Waals surface area contributed by atoms with Gasteiger partial charge in [-0.15, -0.1) is 0 Å². The summed E-state index contributed by atoms with van der Waals surface area (Å²) >= 11 is 1.87. The van der Waals surface area contributed by atoms with Gasteiger partial charge in [-0.1, -0.05) is 163 Å². The third kappa shape index (κ3) is 4.77. The Bertz CT molecular complexity index is 3110. The van der Waals surface area contributed by atoms with Gasteiger partial charge in [0, 0.05) is 37.4 Å². The van der Waals surface area contributed by atoms with Gasteiger partial charge in [0.15, 0.2) is 0 Å². The van der Waals surface area contributed by atoms with E-state index in [2.05, 4.69) is 204 Å². The van der Waals surface area contributed by atoms with Crippen molar-refractivity contribution in [3.05, 3.63) is 229 Å². The average Bonchev–Trinajstić information content (AvgIpc) is 3.62. The number of aromatic nitrogens is 3. The van der Waals surface area contributed by atoms with Gasteiger partial charge in [0.05, 0.1) is 39.2 Å². The first kappa shape index (κ1) is 33.0. The van der Waals surface area contributed by atoms with Crippen LogP contribution >= 0.6 is 11.8 Å². The quantitative estimate of drug-likeness (QED) is 0.179. The van der Waals surface area contributed by atoms with Gasteiger partial charge in [-0.2, -0.15) is 0 Å². The second kappa shape index (κ2) is 12.9. The molecule has 0 bridgehead atoms. The number of para-hydroxylation sites is 4. The molecule has 0 N–H and O–H groups in total. The molecule has 12 rings (SSSR count). The molecule has 58 heavy (non-hydrogen) atoms. The van der Waals surface area contributed by atoms with Crippen molar-refractivity contribution in [2.45, 2.75) is 15.2 Å². The van der Waals surface area contributed by atoms with Crippen molar-refractivity contribution in [1.82, 2.24) is 14.5 Å². The maximum atomic E-state index is 5.38. The molecule has 2 aliphatic rings. The highest BCUT2D eigenvalue weighted by Crippen LogP contribution is 2.63. The summed E-state index contributed by atoms with van der Waals surface area (Å²) in [4.78, 5) is 15.7. The van der Waals surface area contributed by atoms with Crippen LogP contribution in [0.1, 0.15) is 22.3 Å². The van der Waals surface area contributed by atoms with Crippen molar-refractivity contribution in [1.29, 1.82) is 0 Å². The zero-order valence-electron chi connectivity index (χ0n) is 31.3. The van der Waals surface area contributed by atoms with Gasteiger partial charge in [-0.25, -0.2) is 9.97 Å². The van der Waals surface area contributed by atoms with E-state index in [-0.39, 0.29) is 0 Å². The number of rotatable bonds is 4. The standard InChI is InChI=1S/C53H34N4S/c1-4-18-35(19-5-1)44-34-45(36-20-6-2-7-21-36)55-52(54-44)57-46-28-14-10-24-38(46)39-32-51-43(33-49(39)57)53(42-27-13-17-31-50(42)58-51)40-25-11-15-29-47(40)56(37-22-8-3-9-23-37)48-30-16-12-26-41(48)53/h1-34H. The largest absolute Gasteiger partial charge is 0.310 e. The van der Waals surface area contributed by atoms with Crippen LogP contribution in [0.4, 0.5) is 17.1 Å². The summed E-state index contributed by atoms with van der Waals surface area (Å²) in [5.41, 5.74) is 13.9. The van der Waals surface area contributed by atoms with Gasteiger partial charge >= 0.3 is 0 Å². The van der Waals surface area contributed by atoms with Crippen molar-refractivity contribution in [2.24, 2.45) is 0 Å². The van der Waals surface area contributed by atoms with Crippen LogP contribution in [0.3, 0.4) is 0 Å². The minimum atomic E-state index is -0.618. The van der Waals surface area contributed by atoms with E-state index in [1.807, 2.05) is 23.9 Å². The fourth-order valence-electron chi connectivity index (χ4n) is 9.45. The number of anilines is 3. The maximum absolute atomic E-state index is 5.38. The van der Waals surface area contributed by atoms with E-state index in [1.54, 1.807) is 0 Å². The zero-order valence-corrected chi connectivity index (χ0v) is 32.1. The second-order valence-electron chi connectivity index (χ2n) is 14.9. The number of hydrogen-bond donors (Lipinski definition) is 0. The lowest BCUT2D eigenvalue weighted by Crippen LogP contribution is -2.39. The molecule has 5 heteroatoms. The highest BCUT2D eigenvalue weighted by Gasteiger charge is 2.50. The minimum Gasteiger partial charge on any atom is -0.310 e. The van der Waals surface area contributed by atoms with Crippen LogP contribution in [0.25, 0.3) is 50.3 Å². The summed E-state index contributed by atoms with van der Waals surface area (Å²) in [7, 11) is 0. The summed E-state index contributed by atoms with van der Waals surface area (Å²) in [6.45, 7) is 0. The topological polar surface area (TPSA) is 34.0 Å². The predicted molar refractivity (Wildman–Crippen MR) is 238 cm³/mol. The normalized spacial score (nSPS) is 13.6. The van der Waals surface area contributed by atoms with Gasteiger partial charge in [0.25, 0.3) is 0 Å². The van der Waals surface area contributed by atoms with Gasteiger partial charge < -0.3 is 4.90 Å². The number of nitrogens with zero attached hydrogens (tertiary/aromatic N) is 4. The molecule has 0 radical (unpaired) electrons. The third-order valence-electron chi connectivity index (χ3n) is 11.9. The Balaban J connectivity index is 1.20. The molecule has 0 atom stereocenters. The molecule has 2 aliphatic heterocycles. The number of fused-ring (bicyclic) bond motifs is 11. The van der Waals surface area contributed by atoms with E-state index in [0.717, 1.165) is 39.2 Å². The molecular formula is C53H34N4S. The van der Waals surface area contributed by atoms with Crippen LogP contribution in [0.2, 0.25) is 0 Å². The fourth-order valence-corrected chi connectivity index (χ4v) is 10.7. The van der Waals surface area contributed by atoms with Crippen LogP contribution in [0.15, 0.2) is 216 Å².